The first-order valence-electron chi connectivity index (χ1n) is 5.84. The number of hydrogen-bond donors (Lipinski definition) is 1. The van der Waals surface area contributed by atoms with Gasteiger partial charge in [-0.25, -0.2) is 0 Å². The first-order valence-corrected chi connectivity index (χ1v) is 5.84. The minimum atomic E-state index is 0.0133. The summed E-state index contributed by atoms with van der Waals surface area (Å²) in [5, 5.41) is 3.42. The molecule has 2 rings (SSSR count). The molecule has 4 nitrogen and oxygen atoms in total. The molecule has 1 unspecified atom stereocenters. The normalized spacial score (nSPS) is 26.7. The van der Waals surface area contributed by atoms with Crippen molar-refractivity contribution < 1.29 is 9.59 Å². The van der Waals surface area contributed by atoms with Crippen LogP contribution in [0.1, 0.15) is 38.5 Å². The summed E-state index contributed by atoms with van der Waals surface area (Å²) in [5.41, 5.74) is 0. The van der Waals surface area contributed by atoms with Gasteiger partial charge in [0.2, 0.25) is 11.8 Å². The van der Waals surface area contributed by atoms with Gasteiger partial charge in [-0.15, -0.1) is 0 Å². The molecule has 4 heteroatoms. The molecule has 0 spiro atoms. The van der Waals surface area contributed by atoms with Crippen LogP contribution >= 0.6 is 0 Å². The van der Waals surface area contributed by atoms with E-state index in [1.54, 1.807) is 0 Å². The third-order valence-corrected chi connectivity index (χ3v) is 3.25. The molecule has 0 aromatic heterocycles. The second kappa shape index (κ2) is 4.75. The van der Waals surface area contributed by atoms with E-state index < -0.39 is 0 Å². The zero-order chi connectivity index (χ0) is 10.7. The molecule has 2 aliphatic heterocycles. The number of amides is 2. The summed E-state index contributed by atoms with van der Waals surface area (Å²) in [4.78, 5) is 24.0. The molecule has 1 atom stereocenters. The van der Waals surface area contributed by atoms with E-state index in [9.17, 15) is 9.59 Å². The van der Waals surface area contributed by atoms with Gasteiger partial charge >= 0.3 is 0 Å². The summed E-state index contributed by atoms with van der Waals surface area (Å²) in [6.45, 7) is 1.74. The van der Waals surface area contributed by atoms with Crippen molar-refractivity contribution in [3.05, 3.63) is 0 Å². The fraction of sp³-hybridized carbons (Fsp3) is 0.818. The van der Waals surface area contributed by atoms with Gasteiger partial charge in [0.25, 0.3) is 0 Å². The van der Waals surface area contributed by atoms with Crippen molar-refractivity contribution >= 4 is 11.8 Å². The van der Waals surface area contributed by atoms with Gasteiger partial charge in [0.15, 0.2) is 0 Å². The fourth-order valence-corrected chi connectivity index (χ4v) is 2.37. The maximum atomic E-state index is 11.3. The molecule has 84 valence electrons. The number of nitrogens with zero attached hydrogens (tertiary/aromatic N) is 1. The molecule has 0 aromatic carbocycles. The van der Waals surface area contributed by atoms with Crippen LogP contribution in [0.25, 0.3) is 0 Å². The number of hydrogen-bond acceptors (Lipinski definition) is 3. The van der Waals surface area contributed by atoms with Crippen molar-refractivity contribution in [1.82, 2.24) is 10.2 Å². The summed E-state index contributed by atoms with van der Waals surface area (Å²) in [5.74, 6) is 0.0266. The highest BCUT2D eigenvalue weighted by atomic mass is 16.2. The predicted octanol–water partition coefficient (Wildman–Crippen LogP) is 0.668. The van der Waals surface area contributed by atoms with Crippen molar-refractivity contribution in [2.75, 3.05) is 13.1 Å². The topological polar surface area (TPSA) is 49.4 Å². The van der Waals surface area contributed by atoms with Gasteiger partial charge in [-0.1, -0.05) is 0 Å². The van der Waals surface area contributed by atoms with E-state index in [0.717, 1.165) is 19.4 Å². The third-order valence-electron chi connectivity index (χ3n) is 3.25. The van der Waals surface area contributed by atoms with Crippen LogP contribution in [0.2, 0.25) is 0 Å². The van der Waals surface area contributed by atoms with E-state index in [2.05, 4.69) is 5.32 Å². The number of nitrogens with one attached hydrogen (secondary N) is 1. The Morgan fingerprint density at radius 2 is 2.00 bits per heavy atom. The monoisotopic (exact) mass is 210 g/mol. The molecular formula is C11H18N2O2. The molecule has 0 aromatic rings. The lowest BCUT2D eigenvalue weighted by atomic mass is 10.1. The van der Waals surface area contributed by atoms with Crippen LogP contribution in [0.3, 0.4) is 0 Å². The van der Waals surface area contributed by atoms with Crippen molar-refractivity contribution in [2.24, 2.45) is 0 Å². The third kappa shape index (κ3) is 2.56. The average Bonchev–Trinajstić information content (AvgIpc) is 2.82. The molecule has 0 saturated carbocycles. The van der Waals surface area contributed by atoms with E-state index in [4.69, 9.17) is 0 Å². The molecule has 2 fully saturated rings. The molecule has 0 bridgehead atoms. The van der Waals surface area contributed by atoms with Crippen LogP contribution in [0.5, 0.6) is 0 Å². The molecule has 15 heavy (non-hydrogen) atoms. The Balaban J connectivity index is 1.68. The number of likely N-dealkylation sites (tertiary alicyclic amines) is 1. The van der Waals surface area contributed by atoms with Gasteiger partial charge in [-0.2, -0.15) is 0 Å². The van der Waals surface area contributed by atoms with Gasteiger partial charge in [0.1, 0.15) is 0 Å². The van der Waals surface area contributed by atoms with E-state index in [1.165, 1.54) is 17.7 Å². The van der Waals surface area contributed by atoms with Gasteiger partial charge < -0.3 is 5.32 Å². The number of carbonyl (C=O) groups is 2. The van der Waals surface area contributed by atoms with Crippen molar-refractivity contribution in [3.63, 3.8) is 0 Å². The highest BCUT2D eigenvalue weighted by Crippen LogP contribution is 2.15. The second-order valence-corrected chi connectivity index (χ2v) is 4.37. The number of imide groups is 1. The van der Waals surface area contributed by atoms with Crippen LogP contribution in [0, 0.1) is 0 Å². The first-order chi connectivity index (χ1) is 7.27. The van der Waals surface area contributed by atoms with Crippen molar-refractivity contribution in [1.29, 1.82) is 0 Å². The summed E-state index contributed by atoms with van der Waals surface area (Å²) >= 11 is 0. The highest BCUT2D eigenvalue weighted by molar-refractivity contribution is 6.01. The van der Waals surface area contributed by atoms with E-state index in [1.807, 2.05) is 0 Å². The van der Waals surface area contributed by atoms with Crippen LogP contribution in [0.15, 0.2) is 0 Å². The lowest BCUT2D eigenvalue weighted by Crippen LogP contribution is -2.31. The zero-order valence-electron chi connectivity index (χ0n) is 9.00. The summed E-state index contributed by atoms with van der Waals surface area (Å²) in [6, 6.07) is 0.609. The van der Waals surface area contributed by atoms with Crippen molar-refractivity contribution in [3.8, 4) is 0 Å². The van der Waals surface area contributed by atoms with Gasteiger partial charge in [0.05, 0.1) is 0 Å². The maximum absolute atomic E-state index is 11.3. The predicted molar refractivity (Wildman–Crippen MR) is 56.2 cm³/mol. The Morgan fingerprint density at radius 3 is 2.60 bits per heavy atom. The molecule has 2 heterocycles. The Kier molecular flexibility index (Phi) is 3.36. The molecule has 1 N–H and O–H groups in total. The molecule has 2 aliphatic rings. The minimum absolute atomic E-state index is 0.0133. The van der Waals surface area contributed by atoms with E-state index in [-0.39, 0.29) is 11.8 Å². The van der Waals surface area contributed by atoms with Crippen LogP contribution < -0.4 is 5.32 Å². The standard InChI is InChI=1S/C11H18N2O2/c14-10-5-6-11(15)13(10)8-2-4-9-3-1-7-12-9/h9,12H,1-8H2. The van der Waals surface area contributed by atoms with Crippen LogP contribution in [0.4, 0.5) is 0 Å². The van der Waals surface area contributed by atoms with E-state index >= 15 is 0 Å². The smallest absolute Gasteiger partial charge is 0.229 e. The summed E-state index contributed by atoms with van der Waals surface area (Å²) in [6.07, 6.45) is 5.35. The Bertz CT molecular complexity index is 243. The maximum Gasteiger partial charge on any atom is 0.229 e. The molecule has 2 saturated heterocycles. The molecule has 0 radical (unpaired) electrons. The SMILES string of the molecule is O=C1CCC(=O)N1CCCC1CCCN1. The Hall–Kier alpha value is -0.900. The van der Waals surface area contributed by atoms with Crippen LogP contribution in [-0.4, -0.2) is 35.8 Å². The lowest BCUT2D eigenvalue weighted by molar-refractivity contribution is -0.138. The fourth-order valence-electron chi connectivity index (χ4n) is 2.37. The molecule has 2 amide bonds. The Morgan fingerprint density at radius 1 is 1.27 bits per heavy atom. The average molecular weight is 210 g/mol. The highest BCUT2D eigenvalue weighted by Gasteiger charge is 2.28. The quantitative estimate of drug-likeness (QED) is 0.694. The molecular weight excluding hydrogens is 192 g/mol. The lowest BCUT2D eigenvalue weighted by Gasteiger charge is -2.15. The summed E-state index contributed by atoms with van der Waals surface area (Å²) < 4.78 is 0. The van der Waals surface area contributed by atoms with Crippen LogP contribution in [-0.2, 0) is 9.59 Å². The van der Waals surface area contributed by atoms with Gasteiger partial charge in [0, 0.05) is 25.4 Å². The van der Waals surface area contributed by atoms with E-state index in [0.29, 0.717) is 25.4 Å². The largest absolute Gasteiger partial charge is 0.314 e. The number of carbonyl (C=O) groups excluding carboxylic acids is 2. The van der Waals surface area contributed by atoms with Gasteiger partial charge in [-0.05, 0) is 32.2 Å². The second-order valence-electron chi connectivity index (χ2n) is 4.37. The number of rotatable bonds is 4. The Labute approximate surface area is 90.0 Å². The summed E-state index contributed by atoms with van der Waals surface area (Å²) in [7, 11) is 0. The zero-order valence-corrected chi connectivity index (χ0v) is 9.00. The molecule has 0 aliphatic carbocycles. The van der Waals surface area contributed by atoms with Crippen molar-refractivity contribution in [2.45, 2.75) is 44.6 Å². The minimum Gasteiger partial charge on any atom is -0.314 e. The first kappa shape index (κ1) is 10.6. The van der Waals surface area contributed by atoms with Gasteiger partial charge in [-0.3, -0.25) is 14.5 Å².